The molecule has 0 spiro atoms. The summed E-state index contributed by atoms with van der Waals surface area (Å²) >= 11 is 0. The molecule has 6 heteroatoms. The van der Waals surface area contributed by atoms with E-state index in [9.17, 15) is 9.59 Å². The van der Waals surface area contributed by atoms with E-state index >= 15 is 0 Å². The maximum Gasteiger partial charge on any atom is 0.293 e. The van der Waals surface area contributed by atoms with Gasteiger partial charge >= 0.3 is 0 Å². The molecule has 0 atom stereocenters. The molecule has 6 nitrogen and oxygen atoms in total. The Balaban J connectivity index is 2.86. The van der Waals surface area contributed by atoms with Gasteiger partial charge in [-0.25, -0.2) is 4.98 Å². The summed E-state index contributed by atoms with van der Waals surface area (Å²) in [6.07, 6.45) is 3.14. The standard InChI is InChI=1S/C10H16N4O2/c1-7(2)6-14-4-3-12-9(10(14)16)13-5-8(11)15/h3-4,7H,5-6H2,1-2H3,(H2,11,15)(H,12,13). The number of hydrogen-bond donors (Lipinski definition) is 2. The van der Waals surface area contributed by atoms with Gasteiger partial charge < -0.3 is 15.6 Å². The number of primary amides is 1. The van der Waals surface area contributed by atoms with Crippen molar-refractivity contribution in [2.24, 2.45) is 11.7 Å². The van der Waals surface area contributed by atoms with Gasteiger partial charge in [0.15, 0.2) is 5.82 Å². The highest BCUT2D eigenvalue weighted by atomic mass is 16.1. The van der Waals surface area contributed by atoms with Crippen LogP contribution in [0, 0.1) is 5.92 Å². The molecule has 0 aromatic carbocycles. The Bertz CT molecular complexity index is 425. The van der Waals surface area contributed by atoms with Gasteiger partial charge in [-0.1, -0.05) is 13.8 Å². The SMILES string of the molecule is CC(C)Cn1ccnc(NCC(N)=O)c1=O. The van der Waals surface area contributed by atoms with Gasteiger partial charge in [-0.2, -0.15) is 0 Å². The van der Waals surface area contributed by atoms with E-state index in [4.69, 9.17) is 5.73 Å². The molecule has 1 aromatic rings. The van der Waals surface area contributed by atoms with E-state index in [1.54, 1.807) is 10.8 Å². The van der Waals surface area contributed by atoms with Gasteiger partial charge in [-0.05, 0) is 5.92 Å². The van der Waals surface area contributed by atoms with Crippen LogP contribution in [-0.2, 0) is 11.3 Å². The average Bonchev–Trinajstić information content (AvgIpc) is 2.18. The smallest absolute Gasteiger partial charge is 0.293 e. The molecule has 88 valence electrons. The molecule has 0 aliphatic rings. The largest absolute Gasteiger partial charge is 0.368 e. The van der Waals surface area contributed by atoms with Crippen molar-refractivity contribution in [1.29, 1.82) is 0 Å². The summed E-state index contributed by atoms with van der Waals surface area (Å²) in [6.45, 7) is 4.56. The van der Waals surface area contributed by atoms with Crippen molar-refractivity contribution in [3.8, 4) is 0 Å². The van der Waals surface area contributed by atoms with Gasteiger partial charge in [-0.3, -0.25) is 9.59 Å². The molecule has 3 N–H and O–H groups in total. The summed E-state index contributed by atoms with van der Waals surface area (Å²) in [7, 11) is 0. The van der Waals surface area contributed by atoms with Crippen molar-refractivity contribution in [2.45, 2.75) is 20.4 Å². The molecule has 0 aliphatic heterocycles. The molecule has 0 radical (unpaired) electrons. The minimum absolute atomic E-state index is 0.0894. The fourth-order valence-electron chi connectivity index (χ4n) is 1.28. The number of aromatic nitrogens is 2. The predicted molar refractivity (Wildman–Crippen MR) is 61.0 cm³/mol. The van der Waals surface area contributed by atoms with Crippen LogP contribution in [-0.4, -0.2) is 22.0 Å². The molecule has 1 amide bonds. The van der Waals surface area contributed by atoms with Gasteiger partial charge in [0.1, 0.15) is 0 Å². The number of hydrogen-bond acceptors (Lipinski definition) is 4. The Morgan fingerprint density at radius 1 is 1.62 bits per heavy atom. The summed E-state index contributed by atoms with van der Waals surface area (Å²) < 4.78 is 1.56. The number of anilines is 1. The molecule has 0 unspecified atom stereocenters. The molecule has 0 fully saturated rings. The maximum absolute atomic E-state index is 11.8. The molecule has 1 heterocycles. The highest BCUT2D eigenvalue weighted by Gasteiger charge is 2.06. The Morgan fingerprint density at radius 3 is 2.88 bits per heavy atom. The zero-order valence-corrected chi connectivity index (χ0v) is 9.43. The van der Waals surface area contributed by atoms with Crippen molar-refractivity contribution in [2.75, 3.05) is 11.9 Å². The highest BCUT2D eigenvalue weighted by Crippen LogP contribution is 1.98. The number of rotatable bonds is 5. The number of nitrogens with zero attached hydrogens (tertiary/aromatic N) is 2. The lowest BCUT2D eigenvalue weighted by Crippen LogP contribution is -2.29. The van der Waals surface area contributed by atoms with Gasteiger partial charge in [0, 0.05) is 18.9 Å². The van der Waals surface area contributed by atoms with Gasteiger partial charge in [0.25, 0.3) is 5.56 Å². The topological polar surface area (TPSA) is 90.0 Å². The van der Waals surface area contributed by atoms with Crippen LogP contribution in [0.25, 0.3) is 0 Å². The van der Waals surface area contributed by atoms with Gasteiger partial charge in [-0.15, -0.1) is 0 Å². The Hall–Kier alpha value is -1.85. The summed E-state index contributed by atoms with van der Waals surface area (Å²) in [5, 5.41) is 2.61. The van der Waals surface area contributed by atoms with Crippen molar-refractivity contribution in [1.82, 2.24) is 9.55 Å². The first-order valence-corrected chi connectivity index (χ1v) is 5.08. The van der Waals surface area contributed by atoms with Crippen LogP contribution >= 0.6 is 0 Å². The van der Waals surface area contributed by atoms with Crippen LogP contribution in [0.5, 0.6) is 0 Å². The normalized spacial score (nSPS) is 10.4. The Kier molecular flexibility index (Phi) is 4.04. The lowest BCUT2D eigenvalue weighted by atomic mass is 10.2. The van der Waals surface area contributed by atoms with Crippen LogP contribution in [0.3, 0.4) is 0 Å². The number of nitrogens with two attached hydrogens (primary N) is 1. The zero-order chi connectivity index (χ0) is 12.1. The maximum atomic E-state index is 11.8. The molecule has 1 aromatic heterocycles. The van der Waals surface area contributed by atoms with Gasteiger partial charge in [0.2, 0.25) is 5.91 Å². The second kappa shape index (κ2) is 5.29. The number of carbonyl (C=O) groups is 1. The number of carbonyl (C=O) groups excluding carboxylic acids is 1. The molecule has 0 saturated heterocycles. The first kappa shape index (κ1) is 12.2. The van der Waals surface area contributed by atoms with E-state index in [0.29, 0.717) is 12.5 Å². The third-order valence-corrected chi connectivity index (χ3v) is 1.91. The highest BCUT2D eigenvalue weighted by molar-refractivity contribution is 5.78. The predicted octanol–water partition coefficient (Wildman–Crippen LogP) is -0.203. The van der Waals surface area contributed by atoms with Crippen molar-refractivity contribution in [3.63, 3.8) is 0 Å². The van der Waals surface area contributed by atoms with Crippen molar-refractivity contribution < 1.29 is 4.79 Å². The molecule has 1 rings (SSSR count). The second-order valence-electron chi connectivity index (χ2n) is 3.95. The third-order valence-electron chi connectivity index (χ3n) is 1.91. The fourth-order valence-corrected chi connectivity index (χ4v) is 1.28. The van der Waals surface area contributed by atoms with E-state index in [2.05, 4.69) is 10.3 Å². The van der Waals surface area contributed by atoms with E-state index in [1.807, 2.05) is 13.8 Å². The van der Waals surface area contributed by atoms with Crippen LogP contribution in [0.15, 0.2) is 17.2 Å². The first-order valence-electron chi connectivity index (χ1n) is 5.08. The fraction of sp³-hybridized carbons (Fsp3) is 0.500. The Morgan fingerprint density at radius 2 is 2.31 bits per heavy atom. The molecular formula is C10H16N4O2. The van der Waals surface area contributed by atoms with Crippen LogP contribution in [0.1, 0.15) is 13.8 Å². The monoisotopic (exact) mass is 224 g/mol. The first-order chi connectivity index (χ1) is 7.50. The molecule has 0 aliphatic carbocycles. The lowest BCUT2D eigenvalue weighted by Gasteiger charge is -2.09. The van der Waals surface area contributed by atoms with E-state index in [0.717, 1.165) is 0 Å². The zero-order valence-electron chi connectivity index (χ0n) is 9.43. The number of nitrogens with one attached hydrogen (secondary N) is 1. The lowest BCUT2D eigenvalue weighted by molar-refractivity contribution is -0.116. The summed E-state index contributed by atoms with van der Waals surface area (Å²) in [5.74, 6) is -0.00787. The summed E-state index contributed by atoms with van der Waals surface area (Å²) in [6, 6.07) is 0. The number of amides is 1. The summed E-state index contributed by atoms with van der Waals surface area (Å²) in [5.41, 5.74) is 4.73. The third kappa shape index (κ3) is 3.38. The van der Waals surface area contributed by atoms with Crippen LogP contribution in [0.2, 0.25) is 0 Å². The van der Waals surface area contributed by atoms with Gasteiger partial charge in [0.05, 0.1) is 6.54 Å². The molecule has 0 saturated carbocycles. The van der Waals surface area contributed by atoms with Crippen molar-refractivity contribution in [3.05, 3.63) is 22.7 Å². The molecule has 0 bridgehead atoms. The average molecular weight is 224 g/mol. The summed E-state index contributed by atoms with van der Waals surface area (Å²) in [4.78, 5) is 26.2. The molecule has 16 heavy (non-hydrogen) atoms. The van der Waals surface area contributed by atoms with E-state index in [1.165, 1.54) is 6.20 Å². The second-order valence-corrected chi connectivity index (χ2v) is 3.95. The quantitative estimate of drug-likeness (QED) is 0.724. The van der Waals surface area contributed by atoms with Crippen LogP contribution < -0.4 is 16.6 Å². The minimum Gasteiger partial charge on any atom is -0.368 e. The minimum atomic E-state index is -0.527. The Labute approximate surface area is 93.5 Å². The van der Waals surface area contributed by atoms with Crippen LogP contribution in [0.4, 0.5) is 5.82 Å². The van der Waals surface area contributed by atoms with E-state index < -0.39 is 5.91 Å². The van der Waals surface area contributed by atoms with E-state index in [-0.39, 0.29) is 17.9 Å². The molecular weight excluding hydrogens is 208 g/mol. The van der Waals surface area contributed by atoms with Crippen molar-refractivity contribution >= 4 is 11.7 Å².